The molecule has 3 fully saturated rings. The third-order valence-electron chi connectivity index (χ3n) is 4.96. The molecule has 18 heavy (non-hydrogen) atoms. The summed E-state index contributed by atoms with van der Waals surface area (Å²) < 4.78 is 0. The molecule has 3 saturated heterocycles. The maximum Gasteiger partial charge on any atom is 0.224 e. The number of hydrogen-bond donors (Lipinski definition) is 1. The third-order valence-corrected chi connectivity index (χ3v) is 4.96. The van der Waals surface area contributed by atoms with Gasteiger partial charge in [0.1, 0.15) is 0 Å². The van der Waals surface area contributed by atoms with Gasteiger partial charge in [0.15, 0.2) is 0 Å². The van der Waals surface area contributed by atoms with Gasteiger partial charge in [0.05, 0.1) is 0 Å². The number of amides is 1. The van der Waals surface area contributed by atoms with Crippen molar-refractivity contribution in [3.63, 3.8) is 0 Å². The number of piperidine rings is 1. The molecule has 2 atom stereocenters. The number of carbonyl (C=O) groups is 1. The normalized spacial score (nSPS) is 34.3. The van der Waals surface area contributed by atoms with Crippen molar-refractivity contribution in [1.82, 2.24) is 15.1 Å². The molecule has 3 aliphatic rings. The van der Waals surface area contributed by atoms with Crippen molar-refractivity contribution < 1.29 is 4.79 Å². The van der Waals surface area contributed by atoms with Gasteiger partial charge in [0, 0.05) is 31.1 Å². The van der Waals surface area contributed by atoms with Crippen molar-refractivity contribution in [3.8, 4) is 0 Å². The van der Waals surface area contributed by atoms with Crippen molar-refractivity contribution in [1.29, 1.82) is 0 Å². The lowest BCUT2D eigenvalue weighted by atomic mass is 10.0. The Morgan fingerprint density at radius 3 is 2.72 bits per heavy atom. The van der Waals surface area contributed by atoms with Gasteiger partial charge in [-0.25, -0.2) is 0 Å². The first-order chi connectivity index (χ1) is 8.78. The van der Waals surface area contributed by atoms with Crippen LogP contribution in [0.15, 0.2) is 0 Å². The van der Waals surface area contributed by atoms with Crippen LogP contribution in [0.2, 0.25) is 0 Å². The van der Waals surface area contributed by atoms with Crippen LogP contribution < -0.4 is 5.32 Å². The zero-order valence-corrected chi connectivity index (χ0v) is 11.4. The number of nitrogens with one attached hydrogen (secondary N) is 1. The lowest BCUT2D eigenvalue weighted by Crippen LogP contribution is -2.49. The number of nitrogens with zero attached hydrogens (tertiary/aromatic N) is 2. The molecule has 3 rings (SSSR count). The van der Waals surface area contributed by atoms with Crippen LogP contribution in [0, 0.1) is 0 Å². The summed E-state index contributed by atoms with van der Waals surface area (Å²) in [5, 5.41) is 3.78. The molecule has 0 aromatic rings. The fraction of sp³-hybridized carbons (Fsp3) is 0.929. The van der Waals surface area contributed by atoms with Crippen LogP contribution in [-0.2, 0) is 4.79 Å². The SMILES string of the molecule is CCN1CCC(NC2CC(=O)N3CCCC23)CC1. The molecule has 0 aromatic carbocycles. The predicted octanol–water partition coefficient (Wildman–Crippen LogP) is 0.824. The van der Waals surface area contributed by atoms with Gasteiger partial charge in [-0.2, -0.15) is 0 Å². The summed E-state index contributed by atoms with van der Waals surface area (Å²) in [6.45, 7) is 6.83. The Morgan fingerprint density at radius 1 is 1.22 bits per heavy atom. The molecular weight excluding hydrogens is 226 g/mol. The minimum absolute atomic E-state index is 0.376. The van der Waals surface area contributed by atoms with Gasteiger partial charge in [-0.1, -0.05) is 6.92 Å². The van der Waals surface area contributed by atoms with Crippen LogP contribution in [0.3, 0.4) is 0 Å². The van der Waals surface area contributed by atoms with Gasteiger partial charge in [-0.15, -0.1) is 0 Å². The largest absolute Gasteiger partial charge is 0.338 e. The second-order valence-corrected chi connectivity index (χ2v) is 5.98. The van der Waals surface area contributed by atoms with Crippen molar-refractivity contribution in [2.24, 2.45) is 0 Å². The Morgan fingerprint density at radius 2 is 2.00 bits per heavy atom. The Labute approximate surface area is 110 Å². The highest BCUT2D eigenvalue weighted by atomic mass is 16.2. The fourth-order valence-corrected chi connectivity index (χ4v) is 3.85. The maximum absolute atomic E-state index is 11.9. The molecule has 0 bridgehead atoms. The molecule has 0 saturated carbocycles. The zero-order valence-electron chi connectivity index (χ0n) is 11.4. The van der Waals surface area contributed by atoms with E-state index in [4.69, 9.17) is 0 Å². The van der Waals surface area contributed by atoms with E-state index in [1.54, 1.807) is 0 Å². The summed E-state index contributed by atoms with van der Waals surface area (Å²) in [5.74, 6) is 0.376. The fourth-order valence-electron chi connectivity index (χ4n) is 3.85. The highest BCUT2D eigenvalue weighted by Crippen LogP contribution is 2.29. The first-order valence-corrected chi connectivity index (χ1v) is 7.56. The van der Waals surface area contributed by atoms with Gasteiger partial charge in [-0.3, -0.25) is 4.79 Å². The second-order valence-electron chi connectivity index (χ2n) is 5.98. The van der Waals surface area contributed by atoms with Gasteiger partial charge in [-0.05, 0) is 45.3 Å². The standard InChI is InChI=1S/C14H25N3O/c1-2-16-8-5-11(6-9-16)15-12-10-14(18)17-7-3-4-13(12)17/h11-13,15H,2-10H2,1H3. The van der Waals surface area contributed by atoms with Crippen LogP contribution in [0.1, 0.15) is 39.0 Å². The molecule has 1 amide bonds. The topological polar surface area (TPSA) is 35.6 Å². The van der Waals surface area contributed by atoms with Crippen molar-refractivity contribution in [3.05, 3.63) is 0 Å². The summed E-state index contributed by atoms with van der Waals surface area (Å²) in [6, 6.07) is 1.56. The van der Waals surface area contributed by atoms with Gasteiger partial charge >= 0.3 is 0 Å². The minimum Gasteiger partial charge on any atom is -0.338 e. The summed E-state index contributed by atoms with van der Waals surface area (Å²) >= 11 is 0. The molecule has 3 heterocycles. The van der Waals surface area contributed by atoms with E-state index in [1.807, 2.05) is 0 Å². The maximum atomic E-state index is 11.9. The average Bonchev–Trinajstić information content (AvgIpc) is 2.97. The average molecular weight is 251 g/mol. The monoisotopic (exact) mass is 251 g/mol. The third kappa shape index (κ3) is 2.28. The van der Waals surface area contributed by atoms with Crippen LogP contribution in [-0.4, -0.2) is 60.0 Å². The summed E-state index contributed by atoms with van der Waals surface area (Å²) in [7, 11) is 0. The van der Waals surface area contributed by atoms with Crippen LogP contribution in [0.4, 0.5) is 0 Å². The number of rotatable bonds is 3. The molecule has 4 nitrogen and oxygen atoms in total. The van der Waals surface area contributed by atoms with Crippen molar-refractivity contribution in [2.75, 3.05) is 26.2 Å². The molecular formula is C14H25N3O. The highest BCUT2D eigenvalue weighted by Gasteiger charge is 2.42. The summed E-state index contributed by atoms with van der Waals surface area (Å²) in [6.07, 6.45) is 5.62. The van der Waals surface area contributed by atoms with E-state index < -0.39 is 0 Å². The van der Waals surface area contributed by atoms with Crippen molar-refractivity contribution in [2.45, 2.75) is 57.2 Å². The molecule has 2 unspecified atom stereocenters. The lowest BCUT2D eigenvalue weighted by molar-refractivity contribution is -0.127. The zero-order chi connectivity index (χ0) is 12.5. The quantitative estimate of drug-likeness (QED) is 0.807. The molecule has 0 spiro atoms. The van der Waals surface area contributed by atoms with Crippen LogP contribution in [0.5, 0.6) is 0 Å². The predicted molar refractivity (Wildman–Crippen MR) is 71.4 cm³/mol. The van der Waals surface area contributed by atoms with Crippen LogP contribution in [0.25, 0.3) is 0 Å². The smallest absolute Gasteiger partial charge is 0.224 e. The Kier molecular flexibility index (Phi) is 3.57. The molecule has 0 aromatic heterocycles. The van der Waals surface area contributed by atoms with E-state index in [0.717, 1.165) is 13.0 Å². The first-order valence-electron chi connectivity index (χ1n) is 7.56. The van der Waals surface area contributed by atoms with E-state index >= 15 is 0 Å². The van der Waals surface area contributed by atoms with Crippen molar-refractivity contribution >= 4 is 5.91 Å². The molecule has 0 aliphatic carbocycles. The summed E-state index contributed by atoms with van der Waals surface area (Å²) in [4.78, 5) is 16.5. The summed E-state index contributed by atoms with van der Waals surface area (Å²) in [5.41, 5.74) is 0. The molecule has 1 N–H and O–H groups in total. The Hall–Kier alpha value is -0.610. The van der Waals surface area contributed by atoms with Gasteiger partial charge < -0.3 is 15.1 Å². The lowest BCUT2D eigenvalue weighted by Gasteiger charge is -2.34. The molecule has 0 radical (unpaired) electrons. The van der Waals surface area contributed by atoms with Gasteiger partial charge in [0.25, 0.3) is 0 Å². The molecule has 102 valence electrons. The Bertz CT molecular complexity index is 312. The number of likely N-dealkylation sites (tertiary alicyclic amines) is 1. The number of fused-ring (bicyclic) bond motifs is 1. The van der Waals surface area contributed by atoms with E-state index in [1.165, 1.54) is 45.3 Å². The van der Waals surface area contributed by atoms with Crippen LogP contribution >= 0.6 is 0 Å². The number of hydrogen-bond acceptors (Lipinski definition) is 3. The van der Waals surface area contributed by atoms with Gasteiger partial charge in [0.2, 0.25) is 5.91 Å². The Balaban J connectivity index is 1.53. The van der Waals surface area contributed by atoms with E-state index in [-0.39, 0.29) is 0 Å². The highest BCUT2D eigenvalue weighted by molar-refractivity contribution is 5.80. The van der Waals surface area contributed by atoms with E-state index in [9.17, 15) is 4.79 Å². The second kappa shape index (κ2) is 5.17. The minimum atomic E-state index is 0.376. The first kappa shape index (κ1) is 12.4. The van der Waals surface area contributed by atoms with E-state index in [2.05, 4.69) is 22.0 Å². The number of carbonyl (C=O) groups excluding carboxylic acids is 1. The molecule has 3 aliphatic heterocycles. The molecule has 4 heteroatoms. The van der Waals surface area contributed by atoms with E-state index in [0.29, 0.717) is 24.0 Å².